The average molecular weight is 137 g/mol. The molecule has 0 bridgehead atoms. The van der Waals surface area contributed by atoms with Gasteiger partial charge in [-0.3, -0.25) is 0 Å². The Kier molecular flexibility index (Phi) is 2.20. The van der Waals surface area contributed by atoms with E-state index in [0.717, 1.165) is 0 Å². The Bertz CT molecular complexity index is 186. The van der Waals surface area contributed by atoms with Gasteiger partial charge in [0.25, 0.3) is 0 Å². The van der Waals surface area contributed by atoms with Crippen LogP contribution in [0.25, 0.3) is 0 Å². The topological polar surface area (TPSA) is 35.0 Å². The second kappa shape index (κ2) is 3.15. The van der Waals surface area contributed by atoms with E-state index in [-0.39, 0.29) is 6.10 Å². The van der Waals surface area contributed by atoms with Crippen molar-refractivity contribution in [3.63, 3.8) is 0 Å². The minimum Gasteiger partial charge on any atom is -0.461 e. The summed E-state index contributed by atoms with van der Waals surface area (Å²) in [5, 5.41) is 0. The maximum Gasteiger partial charge on any atom is 0.317 e. The molecule has 1 rings (SSSR count). The first-order chi connectivity index (χ1) is 4.79. The van der Waals surface area contributed by atoms with Gasteiger partial charge in [0.2, 0.25) is 0 Å². The summed E-state index contributed by atoms with van der Waals surface area (Å²) >= 11 is 0. The molecular weight excluding hydrogens is 128 g/mol. The van der Waals surface area contributed by atoms with E-state index in [1.807, 2.05) is 13.8 Å². The minimum atomic E-state index is 0.121. The second-order valence-electron chi connectivity index (χ2n) is 2.13. The minimum absolute atomic E-state index is 0.121. The summed E-state index contributed by atoms with van der Waals surface area (Å²) in [5.41, 5.74) is 0. The first kappa shape index (κ1) is 6.99. The molecule has 0 aliphatic rings. The van der Waals surface area contributed by atoms with Crippen LogP contribution in [0.1, 0.15) is 13.8 Å². The van der Waals surface area contributed by atoms with Crippen LogP contribution in [0.2, 0.25) is 0 Å². The van der Waals surface area contributed by atoms with E-state index in [2.05, 4.69) is 16.2 Å². The summed E-state index contributed by atoms with van der Waals surface area (Å²) in [5.74, 6) is 0. The molecule has 0 aliphatic heterocycles. The van der Waals surface area contributed by atoms with Gasteiger partial charge in [-0.1, -0.05) is 0 Å². The van der Waals surface area contributed by atoms with E-state index < -0.39 is 0 Å². The molecule has 0 aromatic carbocycles. The molecule has 0 amide bonds. The summed E-state index contributed by atoms with van der Waals surface area (Å²) in [4.78, 5) is 7.61. The highest BCUT2D eigenvalue weighted by molar-refractivity contribution is 4.92. The van der Waals surface area contributed by atoms with Gasteiger partial charge >= 0.3 is 6.01 Å². The van der Waals surface area contributed by atoms with Crippen molar-refractivity contribution in [2.75, 3.05) is 0 Å². The number of aromatic nitrogens is 2. The smallest absolute Gasteiger partial charge is 0.317 e. The molecule has 0 N–H and O–H groups in total. The monoisotopic (exact) mass is 137 g/mol. The Morgan fingerprint density at radius 1 is 1.60 bits per heavy atom. The van der Waals surface area contributed by atoms with Crippen LogP contribution in [0, 0.1) is 6.20 Å². The van der Waals surface area contributed by atoms with Gasteiger partial charge in [-0.15, -0.1) is 0 Å². The summed E-state index contributed by atoms with van der Waals surface area (Å²) in [6.07, 6.45) is 4.35. The van der Waals surface area contributed by atoms with E-state index >= 15 is 0 Å². The standard InChI is InChI=1S/C7H9N2O/c1-6(2)10-7-8-4-3-5-9-7/h3-4,6H,1-2H3. The highest BCUT2D eigenvalue weighted by Crippen LogP contribution is 1.99. The zero-order valence-corrected chi connectivity index (χ0v) is 6.03. The number of nitrogens with zero attached hydrogens (tertiary/aromatic N) is 2. The van der Waals surface area contributed by atoms with Gasteiger partial charge in [-0.25, -0.2) is 4.98 Å². The molecule has 3 heteroatoms. The molecule has 0 aliphatic carbocycles. The summed E-state index contributed by atoms with van der Waals surface area (Å²) in [6.45, 7) is 3.85. The van der Waals surface area contributed by atoms with Crippen molar-refractivity contribution in [1.29, 1.82) is 0 Å². The van der Waals surface area contributed by atoms with Gasteiger partial charge in [0.1, 0.15) is 0 Å². The van der Waals surface area contributed by atoms with Gasteiger partial charge in [-0.05, 0) is 19.9 Å². The van der Waals surface area contributed by atoms with E-state index in [1.54, 1.807) is 12.3 Å². The van der Waals surface area contributed by atoms with Gasteiger partial charge in [0, 0.05) is 6.20 Å². The maximum atomic E-state index is 5.16. The van der Waals surface area contributed by atoms with Crippen LogP contribution in [-0.4, -0.2) is 16.1 Å². The fourth-order valence-corrected chi connectivity index (χ4v) is 0.523. The lowest BCUT2D eigenvalue weighted by atomic mass is 10.5. The lowest BCUT2D eigenvalue weighted by Gasteiger charge is -2.04. The molecule has 0 unspecified atom stereocenters. The molecule has 0 fully saturated rings. The number of hydrogen-bond acceptors (Lipinski definition) is 3. The van der Waals surface area contributed by atoms with Crippen molar-refractivity contribution in [3.05, 3.63) is 18.5 Å². The van der Waals surface area contributed by atoms with Crippen molar-refractivity contribution >= 4 is 0 Å². The van der Waals surface area contributed by atoms with Gasteiger partial charge in [-0.2, -0.15) is 4.98 Å². The Balaban J connectivity index is 2.59. The van der Waals surface area contributed by atoms with Crippen LogP contribution < -0.4 is 4.74 Å². The molecule has 0 spiro atoms. The fourth-order valence-electron chi connectivity index (χ4n) is 0.523. The van der Waals surface area contributed by atoms with Crippen LogP contribution in [0.15, 0.2) is 12.3 Å². The number of hydrogen-bond donors (Lipinski definition) is 0. The predicted molar refractivity (Wildman–Crippen MR) is 36.6 cm³/mol. The molecule has 0 atom stereocenters. The summed E-state index contributed by atoms with van der Waals surface area (Å²) in [7, 11) is 0. The molecule has 0 saturated heterocycles. The normalized spacial score (nSPS) is 9.90. The predicted octanol–water partition coefficient (Wildman–Crippen LogP) is 1.06. The lowest BCUT2D eigenvalue weighted by Crippen LogP contribution is -2.07. The third kappa shape index (κ3) is 2.01. The van der Waals surface area contributed by atoms with Crippen LogP contribution in [0.4, 0.5) is 0 Å². The largest absolute Gasteiger partial charge is 0.461 e. The number of ether oxygens (including phenoxy) is 1. The van der Waals surface area contributed by atoms with Crippen molar-refractivity contribution in [1.82, 2.24) is 9.97 Å². The van der Waals surface area contributed by atoms with Gasteiger partial charge < -0.3 is 4.74 Å². The molecule has 1 aromatic rings. The average Bonchev–Trinajstić information content (AvgIpc) is 1.88. The molecular formula is C7H9N2O. The SMILES string of the molecule is CC(C)Oc1n[c]ccn1. The highest BCUT2D eigenvalue weighted by atomic mass is 16.5. The Labute approximate surface area is 60.1 Å². The summed E-state index contributed by atoms with van der Waals surface area (Å²) < 4.78 is 5.16. The zero-order valence-electron chi connectivity index (χ0n) is 6.03. The van der Waals surface area contributed by atoms with E-state index in [9.17, 15) is 0 Å². The molecule has 53 valence electrons. The van der Waals surface area contributed by atoms with E-state index in [4.69, 9.17) is 4.74 Å². The first-order valence-electron chi connectivity index (χ1n) is 3.15. The molecule has 3 nitrogen and oxygen atoms in total. The van der Waals surface area contributed by atoms with Crippen molar-refractivity contribution in [3.8, 4) is 6.01 Å². The Hall–Kier alpha value is -1.12. The Morgan fingerprint density at radius 3 is 2.90 bits per heavy atom. The third-order valence-corrected chi connectivity index (χ3v) is 0.835. The second-order valence-corrected chi connectivity index (χ2v) is 2.13. The van der Waals surface area contributed by atoms with Crippen LogP contribution in [0.5, 0.6) is 6.01 Å². The van der Waals surface area contributed by atoms with Crippen LogP contribution >= 0.6 is 0 Å². The van der Waals surface area contributed by atoms with E-state index in [0.29, 0.717) is 6.01 Å². The van der Waals surface area contributed by atoms with Crippen molar-refractivity contribution in [2.45, 2.75) is 20.0 Å². The quantitative estimate of drug-likeness (QED) is 0.611. The third-order valence-electron chi connectivity index (χ3n) is 0.835. The molecule has 1 aromatic heterocycles. The number of rotatable bonds is 2. The lowest BCUT2D eigenvalue weighted by molar-refractivity contribution is 0.222. The molecule has 1 radical (unpaired) electrons. The summed E-state index contributed by atoms with van der Waals surface area (Å²) in [6, 6.07) is 2.02. The Morgan fingerprint density at radius 2 is 2.40 bits per heavy atom. The molecule has 10 heavy (non-hydrogen) atoms. The molecule has 0 saturated carbocycles. The van der Waals surface area contributed by atoms with Crippen molar-refractivity contribution < 1.29 is 4.74 Å². The van der Waals surface area contributed by atoms with Gasteiger partial charge in [0.05, 0.1) is 12.3 Å². The highest BCUT2D eigenvalue weighted by Gasteiger charge is 1.96. The van der Waals surface area contributed by atoms with Gasteiger partial charge in [0.15, 0.2) is 0 Å². The first-order valence-corrected chi connectivity index (χ1v) is 3.15. The fraction of sp³-hybridized carbons (Fsp3) is 0.429. The maximum absolute atomic E-state index is 5.16. The van der Waals surface area contributed by atoms with Crippen LogP contribution in [0.3, 0.4) is 0 Å². The van der Waals surface area contributed by atoms with Crippen LogP contribution in [-0.2, 0) is 0 Å². The van der Waals surface area contributed by atoms with Crippen molar-refractivity contribution in [2.24, 2.45) is 0 Å². The van der Waals surface area contributed by atoms with E-state index in [1.165, 1.54) is 0 Å². The molecule has 1 heterocycles. The zero-order chi connectivity index (χ0) is 7.40.